The Morgan fingerprint density at radius 3 is 2.58 bits per heavy atom. The Morgan fingerprint density at radius 1 is 1.08 bits per heavy atom. The van der Waals surface area contributed by atoms with Crippen LogP contribution in [0.5, 0.6) is 0 Å². The van der Waals surface area contributed by atoms with Gasteiger partial charge in [-0.2, -0.15) is 0 Å². The molecular weight excluding hydrogens is 300 g/mol. The molecule has 2 aromatic carbocycles. The van der Waals surface area contributed by atoms with Crippen molar-refractivity contribution >= 4 is 11.6 Å². The smallest absolute Gasteiger partial charge is 0.254 e. The van der Waals surface area contributed by atoms with Gasteiger partial charge in [-0.05, 0) is 36.5 Å². The van der Waals surface area contributed by atoms with Gasteiger partial charge in [0.05, 0.1) is 11.8 Å². The highest BCUT2D eigenvalue weighted by molar-refractivity contribution is 6.06. The maximum absolute atomic E-state index is 12.6. The standard InChI is InChI=1S/C20H20N2O2/c1-22-19(15-10-4-5-11-16(15)20(22)23)17-12-6-8-13-7-2-3-9-14(13)18(17)21-24/h2-5,7,9-11,17,19,24H,6,8,12H2,1H3/b21-18+/t17-,19-/m0/s1. The number of rotatable bonds is 1. The van der Waals surface area contributed by atoms with Crippen molar-refractivity contribution in [1.82, 2.24) is 4.90 Å². The predicted molar refractivity (Wildman–Crippen MR) is 92.5 cm³/mol. The lowest BCUT2D eigenvalue weighted by Gasteiger charge is -2.29. The third-order valence-corrected chi connectivity index (χ3v) is 5.34. The Labute approximate surface area is 141 Å². The fourth-order valence-electron chi connectivity index (χ4n) is 4.23. The fraction of sp³-hybridized carbons (Fsp3) is 0.300. The van der Waals surface area contributed by atoms with Gasteiger partial charge in [0.1, 0.15) is 0 Å². The van der Waals surface area contributed by atoms with Gasteiger partial charge >= 0.3 is 0 Å². The normalized spacial score (nSPS) is 24.6. The van der Waals surface area contributed by atoms with E-state index in [2.05, 4.69) is 11.2 Å². The minimum Gasteiger partial charge on any atom is -0.411 e. The van der Waals surface area contributed by atoms with Crippen LogP contribution in [-0.4, -0.2) is 28.8 Å². The Morgan fingerprint density at radius 2 is 1.79 bits per heavy atom. The first-order valence-corrected chi connectivity index (χ1v) is 8.38. The van der Waals surface area contributed by atoms with Gasteiger partial charge < -0.3 is 10.1 Å². The lowest BCUT2D eigenvalue weighted by atomic mass is 9.84. The summed E-state index contributed by atoms with van der Waals surface area (Å²) in [5.74, 6) is 0.0432. The molecule has 1 aliphatic carbocycles. The molecule has 24 heavy (non-hydrogen) atoms. The number of hydrogen-bond acceptors (Lipinski definition) is 3. The zero-order valence-corrected chi connectivity index (χ0v) is 13.6. The highest BCUT2D eigenvalue weighted by Crippen LogP contribution is 2.42. The Kier molecular flexibility index (Phi) is 3.60. The second-order valence-corrected chi connectivity index (χ2v) is 6.59. The van der Waals surface area contributed by atoms with E-state index in [1.807, 2.05) is 49.5 Å². The summed E-state index contributed by atoms with van der Waals surface area (Å²) in [5, 5.41) is 13.5. The largest absolute Gasteiger partial charge is 0.411 e. The summed E-state index contributed by atoms with van der Waals surface area (Å²) < 4.78 is 0. The molecule has 4 heteroatoms. The van der Waals surface area contributed by atoms with Crippen LogP contribution < -0.4 is 0 Å². The van der Waals surface area contributed by atoms with Crippen molar-refractivity contribution in [3.05, 3.63) is 70.8 Å². The molecule has 0 fully saturated rings. The highest BCUT2D eigenvalue weighted by Gasteiger charge is 2.42. The van der Waals surface area contributed by atoms with Gasteiger partial charge in [0.15, 0.2) is 0 Å². The molecule has 4 rings (SSSR count). The number of amides is 1. The first-order valence-electron chi connectivity index (χ1n) is 8.38. The molecule has 0 bridgehead atoms. The van der Waals surface area contributed by atoms with E-state index in [1.54, 1.807) is 4.90 Å². The minimum atomic E-state index is -0.0780. The van der Waals surface area contributed by atoms with Crippen molar-refractivity contribution < 1.29 is 10.0 Å². The van der Waals surface area contributed by atoms with Crippen LogP contribution in [0.1, 0.15) is 45.9 Å². The highest BCUT2D eigenvalue weighted by atomic mass is 16.4. The van der Waals surface area contributed by atoms with Crippen LogP contribution in [-0.2, 0) is 6.42 Å². The third-order valence-electron chi connectivity index (χ3n) is 5.34. The van der Waals surface area contributed by atoms with Crippen molar-refractivity contribution in [3.8, 4) is 0 Å². The number of nitrogens with zero attached hydrogens (tertiary/aromatic N) is 2. The lowest BCUT2D eigenvalue weighted by molar-refractivity contribution is 0.0747. The van der Waals surface area contributed by atoms with Crippen LogP contribution in [0.25, 0.3) is 0 Å². The summed E-state index contributed by atoms with van der Waals surface area (Å²) in [6, 6.07) is 15.8. The van der Waals surface area contributed by atoms with E-state index in [1.165, 1.54) is 5.56 Å². The van der Waals surface area contributed by atoms with Crippen molar-refractivity contribution in [1.29, 1.82) is 0 Å². The van der Waals surface area contributed by atoms with Gasteiger partial charge in [0.25, 0.3) is 5.91 Å². The van der Waals surface area contributed by atoms with Gasteiger partial charge in [0.2, 0.25) is 0 Å². The van der Waals surface area contributed by atoms with Gasteiger partial charge in [-0.3, -0.25) is 4.79 Å². The average molecular weight is 320 g/mol. The Balaban J connectivity index is 1.83. The fourth-order valence-corrected chi connectivity index (χ4v) is 4.23. The first-order chi connectivity index (χ1) is 11.7. The van der Waals surface area contributed by atoms with E-state index in [0.717, 1.165) is 36.0 Å². The van der Waals surface area contributed by atoms with Crippen molar-refractivity contribution in [2.75, 3.05) is 7.05 Å². The second-order valence-electron chi connectivity index (χ2n) is 6.59. The van der Waals surface area contributed by atoms with Crippen LogP contribution >= 0.6 is 0 Å². The molecule has 0 saturated heterocycles. The zero-order chi connectivity index (χ0) is 16.7. The molecule has 0 unspecified atom stereocenters. The first kappa shape index (κ1) is 14.9. The molecule has 4 nitrogen and oxygen atoms in total. The van der Waals surface area contributed by atoms with Crippen LogP contribution in [0.4, 0.5) is 0 Å². The summed E-state index contributed by atoms with van der Waals surface area (Å²) in [6.07, 6.45) is 2.88. The molecule has 0 saturated carbocycles. The van der Waals surface area contributed by atoms with Crippen molar-refractivity contribution in [2.45, 2.75) is 25.3 Å². The van der Waals surface area contributed by atoms with Crippen LogP contribution in [0, 0.1) is 5.92 Å². The molecule has 1 heterocycles. The Hall–Kier alpha value is -2.62. The molecule has 2 aliphatic rings. The summed E-state index contributed by atoms with van der Waals surface area (Å²) >= 11 is 0. The number of carbonyl (C=O) groups is 1. The molecule has 122 valence electrons. The molecule has 0 radical (unpaired) electrons. The molecule has 0 spiro atoms. The molecule has 0 aromatic heterocycles. The van der Waals surface area contributed by atoms with E-state index in [4.69, 9.17) is 0 Å². The monoisotopic (exact) mass is 320 g/mol. The van der Waals surface area contributed by atoms with Crippen LogP contribution in [0.3, 0.4) is 0 Å². The van der Waals surface area contributed by atoms with E-state index in [9.17, 15) is 10.0 Å². The number of oxime groups is 1. The van der Waals surface area contributed by atoms with Gasteiger partial charge in [-0.1, -0.05) is 47.6 Å². The van der Waals surface area contributed by atoms with E-state index >= 15 is 0 Å². The summed E-state index contributed by atoms with van der Waals surface area (Å²) in [7, 11) is 1.85. The number of benzene rings is 2. The minimum absolute atomic E-state index is 0.00347. The number of fused-ring (bicyclic) bond motifs is 2. The summed E-state index contributed by atoms with van der Waals surface area (Å²) in [5.41, 5.74) is 4.72. The predicted octanol–water partition coefficient (Wildman–Crippen LogP) is 3.64. The van der Waals surface area contributed by atoms with Crippen molar-refractivity contribution in [3.63, 3.8) is 0 Å². The topological polar surface area (TPSA) is 52.9 Å². The van der Waals surface area contributed by atoms with Crippen molar-refractivity contribution in [2.24, 2.45) is 11.1 Å². The number of carbonyl (C=O) groups excluding carboxylic acids is 1. The van der Waals surface area contributed by atoms with Gasteiger partial charge in [-0.25, -0.2) is 0 Å². The SMILES string of the molecule is CN1C(=O)c2ccccc2[C@H]1[C@H]1CCCc2ccccc2/C1=N\O. The maximum atomic E-state index is 12.6. The number of hydrogen-bond donors (Lipinski definition) is 1. The number of aryl methyl sites for hydroxylation is 1. The van der Waals surface area contributed by atoms with Crippen LogP contribution in [0.2, 0.25) is 0 Å². The Bertz CT molecular complexity index is 828. The quantitative estimate of drug-likeness (QED) is 0.495. The van der Waals surface area contributed by atoms with Gasteiger partial charge in [-0.15, -0.1) is 0 Å². The summed E-state index contributed by atoms with van der Waals surface area (Å²) in [6.45, 7) is 0. The zero-order valence-electron chi connectivity index (χ0n) is 13.6. The second kappa shape index (κ2) is 5.78. The third kappa shape index (κ3) is 2.13. The average Bonchev–Trinajstić information content (AvgIpc) is 2.77. The molecule has 1 N–H and O–H groups in total. The van der Waals surface area contributed by atoms with Crippen LogP contribution in [0.15, 0.2) is 53.7 Å². The molecular formula is C20H20N2O2. The van der Waals surface area contributed by atoms with E-state index in [0.29, 0.717) is 5.71 Å². The molecule has 2 atom stereocenters. The molecule has 1 aliphatic heterocycles. The molecule has 2 aromatic rings. The van der Waals surface area contributed by atoms with E-state index < -0.39 is 0 Å². The molecule has 1 amide bonds. The van der Waals surface area contributed by atoms with E-state index in [-0.39, 0.29) is 17.9 Å². The maximum Gasteiger partial charge on any atom is 0.254 e. The lowest BCUT2D eigenvalue weighted by Crippen LogP contribution is -2.33. The van der Waals surface area contributed by atoms with Gasteiger partial charge in [0, 0.05) is 24.1 Å². The summed E-state index contributed by atoms with van der Waals surface area (Å²) in [4.78, 5) is 14.4.